The Morgan fingerprint density at radius 1 is 1.47 bits per heavy atom. The highest BCUT2D eigenvalue weighted by molar-refractivity contribution is 14.1. The number of carbonyl (C=O) groups excluding carboxylic acids is 1. The van der Waals surface area contributed by atoms with Gasteiger partial charge in [0.15, 0.2) is 0 Å². The molecule has 0 aliphatic heterocycles. The van der Waals surface area contributed by atoms with Crippen molar-refractivity contribution in [1.82, 2.24) is 4.72 Å². The van der Waals surface area contributed by atoms with E-state index in [0.29, 0.717) is 6.07 Å². The molecule has 1 aromatic rings. The van der Waals surface area contributed by atoms with Gasteiger partial charge in [0.05, 0.1) is 7.11 Å². The molecular weight excluding hydrogens is 395 g/mol. The largest absolute Gasteiger partial charge is 0.468 e. The Kier molecular flexibility index (Phi) is 5.62. The second-order valence-electron chi connectivity index (χ2n) is 3.42. The van der Waals surface area contributed by atoms with Crippen LogP contribution in [0.1, 0.15) is 0 Å². The normalized spacial score (nSPS) is 13.1. The lowest BCUT2D eigenvalue weighted by Crippen LogP contribution is -2.34. The molecule has 0 spiro atoms. The molecule has 0 bridgehead atoms. The van der Waals surface area contributed by atoms with Crippen LogP contribution in [0.2, 0.25) is 0 Å². The SMILES string of the molecule is COC(=O)C(I)CNS(=O)(=O)c1ccc(F)cc1F. The molecule has 106 valence electrons. The average Bonchev–Trinajstić information content (AvgIpc) is 2.34. The van der Waals surface area contributed by atoms with Gasteiger partial charge in [-0.05, 0) is 12.1 Å². The highest BCUT2D eigenvalue weighted by Crippen LogP contribution is 2.15. The van der Waals surface area contributed by atoms with E-state index in [2.05, 4.69) is 9.46 Å². The monoisotopic (exact) mass is 405 g/mol. The smallest absolute Gasteiger partial charge is 0.319 e. The fourth-order valence-electron chi connectivity index (χ4n) is 1.16. The summed E-state index contributed by atoms with van der Waals surface area (Å²) >= 11 is 1.69. The number of benzene rings is 1. The molecule has 0 aromatic heterocycles. The van der Waals surface area contributed by atoms with E-state index in [1.165, 1.54) is 7.11 Å². The second kappa shape index (κ2) is 6.57. The second-order valence-corrected chi connectivity index (χ2v) is 6.66. The molecule has 0 fully saturated rings. The minimum Gasteiger partial charge on any atom is -0.468 e. The van der Waals surface area contributed by atoms with Crippen LogP contribution in [0, 0.1) is 11.6 Å². The first-order valence-corrected chi connectivity index (χ1v) is 7.67. The zero-order valence-electron chi connectivity index (χ0n) is 9.69. The van der Waals surface area contributed by atoms with Crippen molar-refractivity contribution in [3.05, 3.63) is 29.8 Å². The standard InChI is InChI=1S/C10H10F2INO4S/c1-18-10(15)8(13)5-14-19(16,17)9-3-2-6(11)4-7(9)12/h2-4,8,14H,5H2,1H3. The van der Waals surface area contributed by atoms with Gasteiger partial charge in [-0.3, -0.25) is 4.79 Å². The fourth-order valence-corrected chi connectivity index (χ4v) is 3.04. The van der Waals surface area contributed by atoms with Crippen LogP contribution < -0.4 is 4.72 Å². The van der Waals surface area contributed by atoms with E-state index in [-0.39, 0.29) is 6.54 Å². The molecule has 0 saturated heterocycles. The van der Waals surface area contributed by atoms with Gasteiger partial charge in [-0.15, -0.1) is 0 Å². The summed E-state index contributed by atoms with van der Waals surface area (Å²) in [6, 6.07) is 2.11. The van der Waals surface area contributed by atoms with Crippen molar-refractivity contribution >= 4 is 38.6 Å². The summed E-state index contributed by atoms with van der Waals surface area (Å²) in [4.78, 5) is 10.4. The van der Waals surface area contributed by atoms with Gasteiger partial charge in [0.2, 0.25) is 10.0 Å². The molecule has 0 aliphatic carbocycles. The zero-order valence-corrected chi connectivity index (χ0v) is 12.7. The highest BCUT2D eigenvalue weighted by atomic mass is 127. The van der Waals surface area contributed by atoms with E-state index in [1.54, 1.807) is 22.6 Å². The van der Waals surface area contributed by atoms with Gasteiger partial charge in [-0.1, -0.05) is 22.6 Å². The van der Waals surface area contributed by atoms with Crippen LogP contribution in [0.3, 0.4) is 0 Å². The first-order valence-electron chi connectivity index (χ1n) is 4.94. The molecule has 9 heteroatoms. The summed E-state index contributed by atoms with van der Waals surface area (Å²) in [5.41, 5.74) is 0. The van der Waals surface area contributed by atoms with Gasteiger partial charge in [-0.25, -0.2) is 21.9 Å². The quantitative estimate of drug-likeness (QED) is 0.455. The first-order chi connectivity index (χ1) is 8.77. The predicted molar refractivity (Wildman–Crippen MR) is 71.4 cm³/mol. The van der Waals surface area contributed by atoms with Crippen LogP contribution in [0.4, 0.5) is 8.78 Å². The molecule has 0 amide bonds. The van der Waals surface area contributed by atoms with Crippen molar-refractivity contribution in [2.75, 3.05) is 13.7 Å². The number of hydrogen-bond acceptors (Lipinski definition) is 4. The van der Waals surface area contributed by atoms with E-state index in [9.17, 15) is 22.0 Å². The van der Waals surface area contributed by atoms with Crippen LogP contribution >= 0.6 is 22.6 Å². The molecule has 0 heterocycles. The van der Waals surface area contributed by atoms with Gasteiger partial charge in [0.25, 0.3) is 0 Å². The number of hydrogen-bond donors (Lipinski definition) is 1. The van der Waals surface area contributed by atoms with Gasteiger partial charge in [0.1, 0.15) is 20.5 Å². The van der Waals surface area contributed by atoms with E-state index in [4.69, 9.17) is 0 Å². The maximum Gasteiger partial charge on any atom is 0.319 e. The van der Waals surface area contributed by atoms with E-state index < -0.39 is 36.4 Å². The fraction of sp³-hybridized carbons (Fsp3) is 0.300. The minimum atomic E-state index is -4.15. The Hall–Kier alpha value is -0.810. The van der Waals surface area contributed by atoms with Crippen LogP contribution in [-0.2, 0) is 19.6 Å². The van der Waals surface area contributed by atoms with E-state index in [1.807, 2.05) is 0 Å². The van der Waals surface area contributed by atoms with E-state index >= 15 is 0 Å². The summed E-state index contributed by atoms with van der Waals surface area (Å²) in [6.07, 6.45) is 0. The van der Waals surface area contributed by atoms with Crippen LogP contribution in [0.25, 0.3) is 0 Å². The summed E-state index contributed by atoms with van der Waals surface area (Å²) in [5.74, 6) is -2.68. The molecule has 1 rings (SSSR count). The number of methoxy groups -OCH3 is 1. The van der Waals surface area contributed by atoms with Crippen molar-refractivity contribution in [3.63, 3.8) is 0 Å². The summed E-state index contributed by atoms with van der Waals surface area (Å²) in [5, 5.41) is 0. The van der Waals surface area contributed by atoms with Crippen LogP contribution in [-0.4, -0.2) is 32.0 Å². The van der Waals surface area contributed by atoms with Gasteiger partial charge < -0.3 is 4.74 Å². The number of alkyl halides is 1. The third-order valence-electron chi connectivity index (χ3n) is 2.09. The van der Waals surface area contributed by atoms with E-state index in [0.717, 1.165) is 12.1 Å². The van der Waals surface area contributed by atoms with Crippen molar-refractivity contribution < 1.29 is 26.7 Å². The van der Waals surface area contributed by atoms with Crippen LogP contribution in [0.15, 0.2) is 23.1 Å². The highest BCUT2D eigenvalue weighted by Gasteiger charge is 2.23. The maximum atomic E-state index is 13.3. The Balaban J connectivity index is 2.85. The number of ether oxygens (including phenoxy) is 1. The lowest BCUT2D eigenvalue weighted by atomic mass is 10.3. The summed E-state index contributed by atoms with van der Waals surface area (Å²) < 4.78 is 55.2. The molecule has 5 nitrogen and oxygen atoms in total. The van der Waals surface area contributed by atoms with Crippen molar-refractivity contribution in [1.29, 1.82) is 0 Å². The first kappa shape index (κ1) is 16.2. The Labute approximate surface area is 122 Å². The third-order valence-corrected chi connectivity index (χ3v) is 4.50. The molecule has 0 radical (unpaired) electrons. The number of rotatable bonds is 5. The Morgan fingerprint density at radius 3 is 2.63 bits per heavy atom. The Bertz CT molecular complexity index is 579. The molecule has 19 heavy (non-hydrogen) atoms. The molecule has 1 unspecified atom stereocenters. The molecule has 1 aromatic carbocycles. The zero-order chi connectivity index (χ0) is 14.6. The molecule has 1 atom stereocenters. The van der Waals surface area contributed by atoms with Gasteiger partial charge in [0, 0.05) is 12.6 Å². The maximum absolute atomic E-state index is 13.3. The minimum absolute atomic E-state index is 0.258. The number of carbonyl (C=O) groups is 1. The number of esters is 1. The van der Waals surface area contributed by atoms with Crippen molar-refractivity contribution in [3.8, 4) is 0 Å². The molecule has 0 saturated carbocycles. The number of sulfonamides is 1. The summed E-state index contributed by atoms with van der Waals surface area (Å²) in [6.45, 7) is -0.258. The molecule has 0 aliphatic rings. The Morgan fingerprint density at radius 2 is 2.11 bits per heavy atom. The van der Waals surface area contributed by atoms with Crippen molar-refractivity contribution in [2.45, 2.75) is 8.82 Å². The third kappa shape index (κ3) is 4.35. The summed E-state index contributed by atoms with van der Waals surface area (Å²) in [7, 11) is -2.98. The number of halogens is 3. The topological polar surface area (TPSA) is 72.5 Å². The lowest BCUT2D eigenvalue weighted by molar-refractivity contribution is -0.139. The predicted octanol–water partition coefficient (Wildman–Crippen LogP) is 1.22. The van der Waals surface area contributed by atoms with Gasteiger partial charge in [-0.2, -0.15) is 0 Å². The average molecular weight is 405 g/mol. The molecule has 1 N–H and O–H groups in total. The van der Waals surface area contributed by atoms with Gasteiger partial charge >= 0.3 is 5.97 Å². The number of nitrogens with one attached hydrogen (secondary N) is 1. The lowest BCUT2D eigenvalue weighted by Gasteiger charge is -2.10. The van der Waals surface area contributed by atoms with Crippen molar-refractivity contribution in [2.24, 2.45) is 0 Å². The van der Waals surface area contributed by atoms with Crippen LogP contribution in [0.5, 0.6) is 0 Å². The molecular formula is C10H10F2INO4S.